The predicted molar refractivity (Wildman–Crippen MR) is 53.0 cm³/mol. The summed E-state index contributed by atoms with van der Waals surface area (Å²) < 4.78 is 0. The normalized spacial score (nSPS) is 29.8. The zero-order valence-corrected chi connectivity index (χ0v) is 7.92. The van der Waals surface area contributed by atoms with Crippen LogP contribution in [-0.4, -0.2) is 0 Å². The number of rotatable bonds is 2. The second-order valence-electron chi connectivity index (χ2n) is 4.08. The molecule has 0 aliphatic heterocycles. The summed E-state index contributed by atoms with van der Waals surface area (Å²) in [6.07, 6.45) is 14.3. The molecule has 2 rings (SSSR count). The number of allylic oxidation sites excluding steroid dienone is 4. The molecule has 0 amide bonds. The summed E-state index contributed by atoms with van der Waals surface area (Å²) in [5.41, 5.74) is 1.64. The fourth-order valence-electron chi connectivity index (χ4n) is 2.38. The minimum absolute atomic E-state index is 0.751. The Balaban J connectivity index is 2.01. The van der Waals surface area contributed by atoms with Crippen molar-refractivity contribution in [1.29, 1.82) is 0 Å². The van der Waals surface area contributed by atoms with E-state index < -0.39 is 0 Å². The lowest BCUT2D eigenvalue weighted by molar-refractivity contribution is 0.653. The topological polar surface area (TPSA) is 0 Å². The Hall–Kier alpha value is -0.520. The molecule has 12 heavy (non-hydrogen) atoms. The predicted octanol–water partition coefficient (Wildman–Crippen LogP) is 3.70. The smallest absolute Gasteiger partial charge is 0.00470 e. The lowest BCUT2D eigenvalue weighted by Gasteiger charge is -2.07. The third kappa shape index (κ3) is 1.48. The molecule has 0 aromatic rings. The van der Waals surface area contributed by atoms with E-state index in [9.17, 15) is 0 Å². The average molecular weight is 162 g/mol. The van der Waals surface area contributed by atoms with Gasteiger partial charge in [-0.2, -0.15) is 0 Å². The van der Waals surface area contributed by atoms with Crippen molar-refractivity contribution in [2.75, 3.05) is 0 Å². The average Bonchev–Trinajstić information content (AvgIpc) is 2.75. The second-order valence-corrected chi connectivity index (χ2v) is 4.08. The van der Waals surface area contributed by atoms with E-state index in [1.165, 1.54) is 32.1 Å². The Bertz CT molecular complexity index is 204. The highest BCUT2D eigenvalue weighted by atomic mass is 14.3. The zero-order chi connectivity index (χ0) is 8.39. The number of hydrogen-bond donors (Lipinski definition) is 0. The first-order valence-electron chi connectivity index (χ1n) is 5.30. The Kier molecular flexibility index (Phi) is 2.34. The van der Waals surface area contributed by atoms with Gasteiger partial charge < -0.3 is 0 Å². The van der Waals surface area contributed by atoms with Crippen molar-refractivity contribution in [2.45, 2.75) is 39.0 Å². The van der Waals surface area contributed by atoms with Gasteiger partial charge in [0.2, 0.25) is 0 Å². The highest BCUT2D eigenvalue weighted by molar-refractivity contribution is 5.31. The molecular weight excluding hydrogens is 144 g/mol. The molecule has 2 aliphatic rings. The quantitative estimate of drug-likeness (QED) is 0.580. The molecule has 0 radical (unpaired) electrons. The molecule has 0 spiro atoms. The van der Waals surface area contributed by atoms with Gasteiger partial charge in [-0.05, 0) is 36.7 Å². The minimum atomic E-state index is 0.751. The Morgan fingerprint density at radius 3 is 2.67 bits per heavy atom. The fourth-order valence-corrected chi connectivity index (χ4v) is 2.38. The molecule has 2 aliphatic carbocycles. The molecule has 1 unspecified atom stereocenters. The molecule has 0 bridgehead atoms. The maximum absolute atomic E-state index is 2.48. The van der Waals surface area contributed by atoms with E-state index in [0.29, 0.717) is 0 Å². The van der Waals surface area contributed by atoms with Crippen molar-refractivity contribution in [3.8, 4) is 0 Å². The van der Waals surface area contributed by atoms with Crippen LogP contribution in [0.2, 0.25) is 0 Å². The van der Waals surface area contributed by atoms with Crippen molar-refractivity contribution in [3.05, 3.63) is 23.8 Å². The van der Waals surface area contributed by atoms with Gasteiger partial charge in [0.25, 0.3) is 0 Å². The maximum atomic E-state index is 2.48. The summed E-state index contributed by atoms with van der Waals surface area (Å²) in [7, 11) is 0. The molecule has 0 N–H and O–H groups in total. The molecule has 1 saturated carbocycles. The van der Waals surface area contributed by atoms with Crippen molar-refractivity contribution in [2.24, 2.45) is 11.8 Å². The molecule has 1 fully saturated rings. The molecular formula is C12H18. The van der Waals surface area contributed by atoms with Crippen LogP contribution in [0, 0.1) is 11.8 Å². The molecule has 0 heterocycles. The molecule has 0 aromatic heterocycles. The number of hydrogen-bond acceptors (Lipinski definition) is 0. The van der Waals surface area contributed by atoms with Crippen molar-refractivity contribution in [3.63, 3.8) is 0 Å². The fraction of sp³-hybridized carbons (Fsp3) is 0.667. The van der Waals surface area contributed by atoms with Crippen LogP contribution in [0.4, 0.5) is 0 Å². The zero-order valence-electron chi connectivity index (χ0n) is 7.92. The van der Waals surface area contributed by atoms with Gasteiger partial charge in [-0.1, -0.05) is 38.0 Å². The van der Waals surface area contributed by atoms with Crippen molar-refractivity contribution < 1.29 is 0 Å². The largest absolute Gasteiger partial charge is 0.0773 e. The summed E-state index contributed by atoms with van der Waals surface area (Å²) >= 11 is 0. The summed E-state index contributed by atoms with van der Waals surface area (Å²) in [5, 5.41) is 0. The molecule has 0 nitrogen and oxygen atoms in total. The SMILES string of the molecule is CCC1C=CC(C2CCCC2)=C1. The van der Waals surface area contributed by atoms with E-state index in [4.69, 9.17) is 0 Å². The minimum Gasteiger partial charge on any atom is -0.0773 e. The molecule has 66 valence electrons. The summed E-state index contributed by atoms with van der Waals surface area (Å²) in [4.78, 5) is 0. The lowest BCUT2D eigenvalue weighted by Crippen LogP contribution is -1.94. The van der Waals surface area contributed by atoms with Crippen LogP contribution >= 0.6 is 0 Å². The van der Waals surface area contributed by atoms with Gasteiger partial charge in [-0.15, -0.1) is 0 Å². The van der Waals surface area contributed by atoms with E-state index in [1.807, 2.05) is 0 Å². The van der Waals surface area contributed by atoms with Gasteiger partial charge in [-0.3, -0.25) is 0 Å². The molecule has 0 heteroatoms. The maximum Gasteiger partial charge on any atom is -0.00470 e. The van der Waals surface area contributed by atoms with Crippen LogP contribution in [-0.2, 0) is 0 Å². The Labute approximate surface area is 75.4 Å². The van der Waals surface area contributed by atoms with Crippen LogP contribution < -0.4 is 0 Å². The van der Waals surface area contributed by atoms with Gasteiger partial charge in [0.1, 0.15) is 0 Å². The first-order valence-corrected chi connectivity index (χ1v) is 5.30. The van der Waals surface area contributed by atoms with Crippen LogP contribution in [0.15, 0.2) is 23.8 Å². The van der Waals surface area contributed by atoms with Gasteiger partial charge in [0.05, 0.1) is 0 Å². The van der Waals surface area contributed by atoms with Gasteiger partial charge in [0, 0.05) is 0 Å². The first-order chi connectivity index (χ1) is 5.90. The first kappa shape index (κ1) is 8.10. The monoisotopic (exact) mass is 162 g/mol. The molecule has 1 atom stereocenters. The summed E-state index contributed by atoms with van der Waals surface area (Å²) in [5.74, 6) is 1.67. The van der Waals surface area contributed by atoms with Crippen LogP contribution in [0.3, 0.4) is 0 Å². The lowest BCUT2D eigenvalue weighted by atomic mass is 9.98. The molecule has 0 aromatic carbocycles. The highest BCUT2D eigenvalue weighted by Crippen LogP contribution is 2.35. The Morgan fingerprint density at radius 1 is 1.33 bits per heavy atom. The van der Waals surface area contributed by atoms with Crippen molar-refractivity contribution in [1.82, 2.24) is 0 Å². The van der Waals surface area contributed by atoms with Crippen LogP contribution in [0.1, 0.15) is 39.0 Å². The third-order valence-corrected chi connectivity index (χ3v) is 3.24. The van der Waals surface area contributed by atoms with E-state index in [1.54, 1.807) is 5.57 Å². The van der Waals surface area contributed by atoms with E-state index in [2.05, 4.69) is 25.2 Å². The summed E-state index contributed by atoms with van der Waals surface area (Å²) in [6, 6.07) is 0. The van der Waals surface area contributed by atoms with Gasteiger partial charge >= 0.3 is 0 Å². The Morgan fingerprint density at radius 2 is 2.08 bits per heavy atom. The van der Waals surface area contributed by atoms with E-state index >= 15 is 0 Å². The van der Waals surface area contributed by atoms with Crippen LogP contribution in [0.5, 0.6) is 0 Å². The molecule has 0 saturated heterocycles. The van der Waals surface area contributed by atoms with Crippen molar-refractivity contribution >= 4 is 0 Å². The van der Waals surface area contributed by atoms with E-state index in [-0.39, 0.29) is 0 Å². The van der Waals surface area contributed by atoms with Crippen LogP contribution in [0.25, 0.3) is 0 Å². The standard InChI is InChI=1S/C12H18/c1-2-10-7-8-12(9-10)11-5-3-4-6-11/h7-11H,2-6H2,1H3. The van der Waals surface area contributed by atoms with E-state index in [0.717, 1.165) is 11.8 Å². The highest BCUT2D eigenvalue weighted by Gasteiger charge is 2.20. The second kappa shape index (κ2) is 3.47. The summed E-state index contributed by atoms with van der Waals surface area (Å²) in [6.45, 7) is 2.27. The van der Waals surface area contributed by atoms with Gasteiger partial charge in [0.15, 0.2) is 0 Å². The third-order valence-electron chi connectivity index (χ3n) is 3.24. The van der Waals surface area contributed by atoms with Gasteiger partial charge in [-0.25, -0.2) is 0 Å².